The summed E-state index contributed by atoms with van der Waals surface area (Å²) < 4.78 is 5.34. The van der Waals surface area contributed by atoms with Crippen molar-refractivity contribution in [1.29, 1.82) is 0 Å². The molecule has 24 heavy (non-hydrogen) atoms. The zero-order chi connectivity index (χ0) is 16.4. The molecule has 3 heterocycles. The molecular weight excluding hydrogens is 300 g/mol. The number of aromatic amines is 1. The van der Waals surface area contributed by atoms with Gasteiger partial charge < -0.3 is 4.74 Å². The third-order valence-electron chi connectivity index (χ3n) is 4.48. The normalized spacial score (nSPS) is 14.4. The van der Waals surface area contributed by atoms with Crippen LogP contribution < -0.4 is 4.74 Å². The first-order valence-electron chi connectivity index (χ1n) is 8.15. The first-order valence-corrected chi connectivity index (χ1v) is 8.15. The van der Waals surface area contributed by atoms with Crippen LogP contribution >= 0.6 is 0 Å². The predicted octanol–water partition coefficient (Wildman–Crippen LogP) is 3.04. The molecule has 1 N–H and O–H groups in total. The summed E-state index contributed by atoms with van der Waals surface area (Å²) in [6.45, 7) is 2.84. The van der Waals surface area contributed by atoms with Crippen LogP contribution in [0.15, 0.2) is 48.8 Å². The van der Waals surface area contributed by atoms with E-state index < -0.39 is 0 Å². The second kappa shape index (κ2) is 6.45. The zero-order valence-electron chi connectivity index (χ0n) is 13.7. The van der Waals surface area contributed by atoms with E-state index in [0.29, 0.717) is 0 Å². The molecule has 2 aromatic heterocycles. The van der Waals surface area contributed by atoms with E-state index in [1.165, 1.54) is 16.8 Å². The molecule has 3 aromatic rings. The van der Waals surface area contributed by atoms with Gasteiger partial charge in [-0.3, -0.25) is 15.0 Å². The maximum Gasteiger partial charge on any atom is 0.119 e. The third-order valence-corrected chi connectivity index (χ3v) is 4.48. The Morgan fingerprint density at radius 2 is 2.21 bits per heavy atom. The topological polar surface area (TPSA) is 54.0 Å². The number of hydrogen-bond donors (Lipinski definition) is 1. The van der Waals surface area contributed by atoms with Crippen LogP contribution in [-0.2, 0) is 19.5 Å². The van der Waals surface area contributed by atoms with E-state index in [1.807, 2.05) is 36.7 Å². The number of rotatable bonds is 4. The number of H-pyrrole nitrogens is 1. The van der Waals surface area contributed by atoms with Crippen LogP contribution in [0.5, 0.6) is 5.75 Å². The van der Waals surface area contributed by atoms with Crippen LogP contribution in [0.4, 0.5) is 0 Å². The van der Waals surface area contributed by atoms with E-state index in [2.05, 4.69) is 32.2 Å². The number of pyridine rings is 1. The maximum absolute atomic E-state index is 5.34. The van der Waals surface area contributed by atoms with Gasteiger partial charge in [0.1, 0.15) is 5.75 Å². The Labute approximate surface area is 141 Å². The highest BCUT2D eigenvalue weighted by molar-refractivity contribution is 5.65. The molecule has 0 saturated heterocycles. The fourth-order valence-corrected chi connectivity index (χ4v) is 3.24. The van der Waals surface area contributed by atoms with Crippen molar-refractivity contribution < 1.29 is 4.74 Å². The quantitative estimate of drug-likeness (QED) is 0.803. The minimum Gasteiger partial charge on any atom is -0.497 e. The second-order valence-electron chi connectivity index (χ2n) is 6.08. The molecule has 1 aromatic carbocycles. The molecule has 0 saturated carbocycles. The number of hydrogen-bond acceptors (Lipinski definition) is 4. The van der Waals surface area contributed by atoms with Gasteiger partial charge in [0.05, 0.1) is 12.8 Å². The van der Waals surface area contributed by atoms with Crippen molar-refractivity contribution >= 4 is 0 Å². The van der Waals surface area contributed by atoms with Gasteiger partial charge in [-0.1, -0.05) is 18.2 Å². The summed E-state index contributed by atoms with van der Waals surface area (Å²) in [5.41, 5.74) is 5.90. The van der Waals surface area contributed by atoms with Crippen molar-refractivity contribution in [2.45, 2.75) is 19.5 Å². The molecule has 0 atom stereocenters. The Balaban J connectivity index is 1.60. The Bertz CT molecular complexity index is 828. The van der Waals surface area contributed by atoms with Crippen LogP contribution in [0.3, 0.4) is 0 Å². The molecule has 0 unspecified atom stereocenters. The van der Waals surface area contributed by atoms with Crippen molar-refractivity contribution in [3.05, 3.63) is 65.6 Å². The molecule has 0 fully saturated rings. The Morgan fingerprint density at radius 1 is 1.25 bits per heavy atom. The van der Waals surface area contributed by atoms with Gasteiger partial charge in [-0.15, -0.1) is 0 Å². The van der Waals surface area contributed by atoms with Crippen LogP contribution in [0.1, 0.15) is 16.8 Å². The maximum atomic E-state index is 5.34. The Kier molecular flexibility index (Phi) is 4.01. The van der Waals surface area contributed by atoms with E-state index in [0.717, 1.165) is 43.1 Å². The fourth-order valence-electron chi connectivity index (χ4n) is 3.24. The monoisotopic (exact) mass is 320 g/mol. The summed E-state index contributed by atoms with van der Waals surface area (Å²) in [6.07, 6.45) is 4.75. The van der Waals surface area contributed by atoms with Gasteiger partial charge in [0.25, 0.3) is 0 Å². The SMILES string of the molecule is COc1cccc(-c2n[nH]c3c2CN(Cc2cccnc2)CC3)c1. The highest BCUT2D eigenvalue weighted by Gasteiger charge is 2.23. The third kappa shape index (κ3) is 2.90. The van der Waals surface area contributed by atoms with E-state index in [4.69, 9.17) is 4.74 Å². The standard InChI is InChI=1S/C19H20N4O/c1-24-16-6-2-5-15(10-16)19-17-13-23(9-7-18(17)21-22-19)12-14-4-3-8-20-11-14/h2-6,8,10-11H,7,9,12-13H2,1H3,(H,21,22). The summed E-state index contributed by atoms with van der Waals surface area (Å²) in [6, 6.07) is 12.2. The van der Waals surface area contributed by atoms with Gasteiger partial charge in [0, 0.05) is 55.3 Å². The van der Waals surface area contributed by atoms with Crippen molar-refractivity contribution in [1.82, 2.24) is 20.1 Å². The molecule has 0 amide bonds. The molecule has 5 heteroatoms. The summed E-state index contributed by atoms with van der Waals surface area (Å²) in [5.74, 6) is 0.854. The molecule has 0 spiro atoms. The van der Waals surface area contributed by atoms with Gasteiger partial charge in [-0.25, -0.2) is 0 Å². The second-order valence-corrected chi connectivity index (χ2v) is 6.08. The average molecular weight is 320 g/mol. The van der Waals surface area contributed by atoms with Gasteiger partial charge in [0.2, 0.25) is 0 Å². The molecular formula is C19H20N4O. The lowest BCUT2D eigenvalue weighted by atomic mass is 10.0. The van der Waals surface area contributed by atoms with Crippen molar-refractivity contribution in [3.8, 4) is 17.0 Å². The number of nitrogens with one attached hydrogen (secondary N) is 1. The van der Waals surface area contributed by atoms with Crippen LogP contribution in [-0.4, -0.2) is 33.7 Å². The predicted molar refractivity (Wildman–Crippen MR) is 92.6 cm³/mol. The van der Waals surface area contributed by atoms with Crippen LogP contribution in [0.25, 0.3) is 11.3 Å². The lowest BCUT2D eigenvalue weighted by molar-refractivity contribution is 0.245. The van der Waals surface area contributed by atoms with E-state index in [-0.39, 0.29) is 0 Å². The van der Waals surface area contributed by atoms with Crippen molar-refractivity contribution in [3.63, 3.8) is 0 Å². The van der Waals surface area contributed by atoms with Gasteiger partial charge >= 0.3 is 0 Å². The molecule has 122 valence electrons. The Morgan fingerprint density at radius 3 is 3.04 bits per heavy atom. The number of fused-ring (bicyclic) bond motifs is 1. The number of benzene rings is 1. The molecule has 0 aliphatic carbocycles. The minimum atomic E-state index is 0.854. The van der Waals surface area contributed by atoms with Crippen molar-refractivity contribution in [2.24, 2.45) is 0 Å². The van der Waals surface area contributed by atoms with E-state index in [1.54, 1.807) is 7.11 Å². The average Bonchev–Trinajstić information content (AvgIpc) is 3.06. The molecule has 1 aliphatic heterocycles. The minimum absolute atomic E-state index is 0.854. The lowest BCUT2D eigenvalue weighted by Gasteiger charge is -2.27. The highest BCUT2D eigenvalue weighted by atomic mass is 16.5. The van der Waals surface area contributed by atoms with Crippen LogP contribution in [0.2, 0.25) is 0 Å². The van der Waals surface area contributed by atoms with Crippen LogP contribution in [0, 0.1) is 0 Å². The van der Waals surface area contributed by atoms with Gasteiger partial charge in [-0.2, -0.15) is 5.10 Å². The summed E-state index contributed by atoms with van der Waals surface area (Å²) in [4.78, 5) is 6.65. The summed E-state index contributed by atoms with van der Waals surface area (Å²) >= 11 is 0. The fraction of sp³-hybridized carbons (Fsp3) is 0.263. The van der Waals surface area contributed by atoms with Gasteiger partial charge in [-0.05, 0) is 23.8 Å². The first kappa shape index (κ1) is 14.9. The smallest absolute Gasteiger partial charge is 0.119 e. The van der Waals surface area contributed by atoms with Gasteiger partial charge in [0.15, 0.2) is 0 Å². The Hall–Kier alpha value is -2.66. The number of nitrogens with zero attached hydrogens (tertiary/aromatic N) is 3. The largest absolute Gasteiger partial charge is 0.497 e. The molecule has 5 nitrogen and oxygen atoms in total. The molecule has 0 bridgehead atoms. The number of methoxy groups -OCH3 is 1. The molecule has 0 radical (unpaired) electrons. The van der Waals surface area contributed by atoms with E-state index >= 15 is 0 Å². The molecule has 1 aliphatic rings. The molecule has 4 rings (SSSR count). The lowest BCUT2D eigenvalue weighted by Crippen LogP contribution is -2.30. The zero-order valence-corrected chi connectivity index (χ0v) is 13.7. The summed E-state index contributed by atoms with van der Waals surface area (Å²) in [5, 5.41) is 7.78. The number of aromatic nitrogens is 3. The van der Waals surface area contributed by atoms with E-state index in [9.17, 15) is 0 Å². The highest BCUT2D eigenvalue weighted by Crippen LogP contribution is 2.30. The number of ether oxygens (including phenoxy) is 1. The first-order chi connectivity index (χ1) is 11.8. The summed E-state index contributed by atoms with van der Waals surface area (Å²) in [7, 11) is 1.69. The van der Waals surface area contributed by atoms with Crippen molar-refractivity contribution in [2.75, 3.05) is 13.7 Å².